The molecule has 0 unspecified atom stereocenters. The van der Waals surface area contributed by atoms with Crippen molar-refractivity contribution in [2.45, 2.75) is 27.7 Å². The van der Waals surface area contributed by atoms with Gasteiger partial charge in [-0.25, -0.2) is 10.4 Å². The number of pyridine rings is 1. The van der Waals surface area contributed by atoms with Gasteiger partial charge in [-0.3, -0.25) is 4.79 Å². The number of nitrogens with one attached hydrogen (secondary N) is 1. The molecule has 3 heterocycles. The third-order valence-electron chi connectivity index (χ3n) is 6.50. The van der Waals surface area contributed by atoms with Gasteiger partial charge in [0.2, 0.25) is 0 Å². The monoisotopic (exact) mass is 487 g/mol. The number of nitrogens with zero attached hydrogens (tertiary/aromatic N) is 4. The Balaban J connectivity index is 1.31. The van der Waals surface area contributed by atoms with E-state index in [1.54, 1.807) is 6.21 Å². The molecule has 6 nitrogen and oxygen atoms in total. The van der Waals surface area contributed by atoms with E-state index >= 15 is 0 Å². The standard InChI is InChI=1S/C31H29N5O/c1-21-16-17-32-30(18-21)35-23(3)19-27(24(35)4)20-33-34-31(37)26-11-13-28(14-12-26)36-22(2)10-15-29(36)25-8-6-5-7-9-25/h5-20H,1-4H3,(H,34,37)/b33-20+. The summed E-state index contributed by atoms with van der Waals surface area (Å²) in [5, 5.41) is 4.22. The van der Waals surface area contributed by atoms with E-state index in [1.165, 1.54) is 0 Å². The Hall–Kier alpha value is -4.71. The lowest BCUT2D eigenvalue weighted by atomic mass is 10.1. The van der Waals surface area contributed by atoms with Gasteiger partial charge in [-0.05, 0) is 93.4 Å². The maximum absolute atomic E-state index is 12.8. The van der Waals surface area contributed by atoms with E-state index in [9.17, 15) is 4.79 Å². The van der Waals surface area contributed by atoms with Gasteiger partial charge in [0, 0.05) is 40.1 Å². The van der Waals surface area contributed by atoms with E-state index < -0.39 is 0 Å². The highest BCUT2D eigenvalue weighted by Crippen LogP contribution is 2.26. The summed E-state index contributed by atoms with van der Waals surface area (Å²) >= 11 is 0. The number of benzene rings is 2. The van der Waals surface area contributed by atoms with E-state index in [0.29, 0.717) is 5.56 Å². The molecule has 1 amide bonds. The second-order valence-corrected chi connectivity index (χ2v) is 9.16. The summed E-state index contributed by atoms with van der Waals surface area (Å²) in [5.41, 5.74) is 11.7. The van der Waals surface area contributed by atoms with Crippen LogP contribution in [0, 0.1) is 27.7 Å². The largest absolute Gasteiger partial charge is 0.314 e. The van der Waals surface area contributed by atoms with Crippen LogP contribution in [0.25, 0.3) is 22.8 Å². The van der Waals surface area contributed by atoms with E-state index in [1.807, 2.05) is 87.6 Å². The molecular formula is C31H29N5O. The molecule has 5 rings (SSSR count). The maximum Gasteiger partial charge on any atom is 0.271 e. The molecule has 0 fully saturated rings. The molecule has 0 spiro atoms. The zero-order chi connectivity index (χ0) is 25.9. The van der Waals surface area contributed by atoms with Crippen molar-refractivity contribution in [3.63, 3.8) is 0 Å². The molecule has 0 aliphatic rings. The lowest BCUT2D eigenvalue weighted by molar-refractivity contribution is 0.0955. The van der Waals surface area contributed by atoms with Crippen LogP contribution in [0.15, 0.2) is 96.2 Å². The van der Waals surface area contributed by atoms with Gasteiger partial charge in [0.1, 0.15) is 5.82 Å². The van der Waals surface area contributed by atoms with Crippen molar-refractivity contribution >= 4 is 12.1 Å². The van der Waals surface area contributed by atoms with Gasteiger partial charge >= 0.3 is 0 Å². The molecule has 0 aliphatic carbocycles. The molecule has 3 aromatic heterocycles. The van der Waals surface area contributed by atoms with Crippen LogP contribution < -0.4 is 5.43 Å². The first-order valence-electron chi connectivity index (χ1n) is 12.2. The van der Waals surface area contributed by atoms with Gasteiger partial charge in [-0.15, -0.1) is 0 Å². The minimum absolute atomic E-state index is 0.260. The Labute approximate surface area is 216 Å². The van der Waals surface area contributed by atoms with Crippen LogP contribution in [0.4, 0.5) is 0 Å². The second kappa shape index (κ2) is 10.1. The average Bonchev–Trinajstić information content (AvgIpc) is 3.43. The number of rotatable bonds is 6. The van der Waals surface area contributed by atoms with Gasteiger partial charge in [-0.1, -0.05) is 30.3 Å². The minimum Gasteiger partial charge on any atom is -0.314 e. The first-order valence-corrected chi connectivity index (χ1v) is 12.2. The van der Waals surface area contributed by atoms with E-state index in [2.05, 4.69) is 55.8 Å². The fourth-order valence-corrected chi connectivity index (χ4v) is 4.62. The van der Waals surface area contributed by atoms with Crippen LogP contribution >= 0.6 is 0 Å². The minimum atomic E-state index is -0.260. The van der Waals surface area contributed by atoms with E-state index in [4.69, 9.17) is 0 Å². The molecule has 0 saturated carbocycles. The van der Waals surface area contributed by atoms with Crippen molar-refractivity contribution in [3.8, 4) is 22.8 Å². The smallest absolute Gasteiger partial charge is 0.271 e. The third-order valence-corrected chi connectivity index (χ3v) is 6.50. The highest BCUT2D eigenvalue weighted by atomic mass is 16.2. The van der Waals surface area contributed by atoms with Gasteiger partial charge < -0.3 is 9.13 Å². The van der Waals surface area contributed by atoms with Gasteiger partial charge in [0.15, 0.2) is 0 Å². The Morgan fingerprint density at radius 3 is 2.32 bits per heavy atom. The van der Waals surface area contributed by atoms with Crippen LogP contribution in [0.2, 0.25) is 0 Å². The Morgan fingerprint density at radius 1 is 0.838 bits per heavy atom. The molecule has 6 heteroatoms. The van der Waals surface area contributed by atoms with Crippen LogP contribution in [0.5, 0.6) is 0 Å². The van der Waals surface area contributed by atoms with Crippen LogP contribution in [-0.2, 0) is 0 Å². The Morgan fingerprint density at radius 2 is 1.59 bits per heavy atom. The van der Waals surface area contributed by atoms with Gasteiger partial charge in [0.05, 0.1) is 11.9 Å². The molecule has 37 heavy (non-hydrogen) atoms. The zero-order valence-electron chi connectivity index (χ0n) is 21.4. The molecule has 0 bridgehead atoms. The quantitative estimate of drug-likeness (QED) is 0.225. The fourth-order valence-electron chi connectivity index (χ4n) is 4.62. The number of aromatic nitrogens is 3. The summed E-state index contributed by atoms with van der Waals surface area (Å²) in [6.45, 7) is 8.18. The number of hydrazone groups is 1. The van der Waals surface area contributed by atoms with Crippen molar-refractivity contribution < 1.29 is 4.79 Å². The molecule has 184 valence electrons. The number of carbonyl (C=O) groups excluding carboxylic acids is 1. The topological polar surface area (TPSA) is 64.2 Å². The van der Waals surface area contributed by atoms with Gasteiger partial charge in [0.25, 0.3) is 5.91 Å². The first-order chi connectivity index (χ1) is 17.9. The zero-order valence-corrected chi connectivity index (χ0v) is 21.4. The lowest BCUT2D eigenvalue weighted by Crippen LogP contribution is -2.17. The second-order valence-electron chi connectivity index (χ2n) is 9.16. The molecule has 0 radical (unpaired) electrons. The van der Waals surface area contributed by atoms with Crippen LogP contribution in [0.1, 0.15) is 38.6 Å². The summed E-state index contributed by atoms with van der Waals surface area (Å²) in [6.07, 6.45) is 3.49. The SMILES string of the molecule is Cc1ccnc(-n2c(C)cc(/C=N/NC(=O)c3ccc(-n4c(C)ccc4-c4ccccc4)cc3)c2C)c1. The molecular weight excluding hydrogens is 458 g/mol. The highest BCUT2D eigenvalue weighted by molar-refractivity contribution is 5.95. The van der Waals surface area contributed by atoms with Crippen molar-refractivity contribution in [2.75, 3.05) is 0 Å². The van der Waals surface area contributed by atoms with E-state index in [-0.39, 0.29) is 5.91 Å². The molecule has 2 aromatic carbocycles. The number of hydrogen-bond donors (Lipinski definition) is 1. The Bertz CT molecular complexity index is 1590. The molecule has 0 saturated heterocycles. The molecule has 0 aliphatic heterocycles. The number of amides is 1. The average molecular weight is 488 g/mol. The summed E-state index contributed by atoms with van der Waals surface area (Å²) in [4.78, 5) is 17.3. The van der Waals surface area contributed by atoms with Crippen molar-refractivity contribution in [1.82, 2.24) is 19.5 Å². The predicted octanol–water partition coefficient (Wildman–Crippen LogP) is 6.33. The number of hydrogen-bond acceptors (Lipinski definition) is 3. The van der Waals surface area contributed by atoms with Crippen molar-refractivity contribution in [3.05, 3.63) is 125 Å². The normalized spacial score (nSPS) is 11.2. The predicted molar refractivity (Wildman–Crippen MR) is 149 cm³/mol. The fraction of sp³-hybridized carbons (Fsp3) is 0.129. The van der Waals surface area contributed by atoms with Crippen LogP contribution in [0.3, 0.4) is 0 Å². The summed E-state index contributed by atoms with van der Waals surface area (Å²) in [6, 6.07) is 28.1. The molecule has 1 N–H and O–H groups in total. The maximum atomic E-state index is 12.8. The third kappa shape index (κ3) is 4.86. The summed E-state index contributed by atoms with van der Waals surface area (Å²) in [5.74, 6) is 0.608. The lowest BCUT2D eigenvalue weighted by Gasteiger charge is -2.12. The number of carbonyl (C=O) groups is 1. The van der Waals surface area contributed by atoms with Crippen molar-refractivity contribution in [2.24, 2.45) is 5.10 Å². The van der Waals surface area contributed by atoms with Gasteiger partial charge in [-0.2, -0.15) is 5.10 Å². The Kier molecular flexibility index (Phi) is 6.56. The highest BCUT2D eigenvalue weighted by Gasteiger charge is 2.12. The van der Waals surface area contributed by atoms with E-state index in [0.717, 1.165) is 51.0 Å². The number of aryl methyl sites for hydroxylation is 3. The first kappa shape index (κ1) is 24.0. The molecule has 0 atom stereocenters. The summed E-state index contributed by atoms with van der Waals surface area (Å²) in [7, 11) is 0. The molecule has 5 aromatic rings. The van der Waals surface area contributed by atoms with Crippen LogP contribution in [-0.4, -0.2) is 26.2 Å². The summed E-state index contributed by atoms with van der Waals surface area (Å²) < 4.78 is 4.27. The van der Waals surface area contributed by atoms with Crippen molar-refractivity contribution in [1.29, 1.82) is 0 Å².